The van der Waals surface area contributed by atoms with Crippen LogP contribution in [0.4, 0.5) is 8.78 Å². The van der Waals surface area contributed by atoms with Crippen molar-refractivity contribution in [2.45, 2.75) is 12.6 Å². The minimum absolute atomic E-state index is 0.0222. The topological polar surface area (TPSA) is 58.0 Å². The van der Waals surface area contributed by atoms with Gasteiger partial charge >= 0.3 is 0 Å². The van der Waals surface area contributed by atoms with E-state index >= 15 is 0 Å². The van der Waals surface area contributed by atoms with Gasteiger partial charge in [0.2, 0.25) is 0 Å². The van der Waals surface area contributed by atoms with Crippen molar-refractivity contribution in [3.05, 3.63) is 59.4 Å². The molecule has 1 atom stereocenters. The number of benzene rings is 1. The molecule has 19 heavy (non-hydrogen) atoms. The van der Waals surface area contributed by atoms with Crippen molar-refractivity contribution in [2.75, 3.05) is 6.54 Å². The monoisotopic (exact) mass is 265 g/mol. The van der Waals surface area contributed by atoms with Gasteiger partial charge in [0.05, 0.1) is 17.4 Å². The third-order valence-electron chi connectivity index (χ3n) is 2.60. The first-order valence-electron chi connectivity index (χ1n) is 5.77. The summed E-state index contributed by atoms with van der Waals surface area (Å²) < 4.78 is 26.8. The van der Waals surface area contributed by atoms with E-state index in [4.69, 9.17) is 0 Å². The molecule has 1 unspecified atom stereocenters. The van der Waals surface area contributed by atoms with Crippen molar-refractivity contribution in [3.63, 3.8) is 0 Å². The van der Waals surface area contributed by atoms with Crippen LogP contribution in [0.5, 0.6) is 0 Å². The molecule has 0 amide bonds. The summed E-state index contributed by atoms with van der Waals surface area (Å²) in [4.78, 5) is 0. The quantitative estimate of drug-likeness (QED) is 0.861. The first-order valence-corrected chi connectivity index (χ1v) is 5.77. The molecule has 0 saturated carbocycles. The van der Waals surface area contributed by atoms with Crippen molar-refractivity contribution in [1.29, 1.82) is 0 Å². The molecule has 1 aromatic carbocycles. The third kappa shape index (κ3) is 3.52. The fraction of sp³-hybridized carbons (Fsp3) is 0.231. The second kappa shape index (κ2) is 6.31. The van der Waals surface area contributed by atoms with Crippen LogP contribution in [-0.2, 0) is 6.54 Å². The van der Waals surface area contributed by atoms with Gasteiger partial charge in [-0.15, -0.1) is 0 Å². The van der Waals surface area contributed by atoms with Crippen molar-refractivity contribution in [3.8, 4) is 0 Å². The molecule has 0 aliphatic carbocycles. The van der Waals surface area contributed by atoms with E-state index in [2.05, 4.69) is 15.5 Å². The summed E-state index contributed by atoms with van der Waals surface area (Å²) in [5.41, 5.74) is 0.359. The molecule has 0 spiro atoms. The van der Waals surface area contributed by atoms with Crippen molar-refractivity contribution < 1.29 is 13.9 Å². The molecule has 1 aromatic heterocycles. The molecule has 0 radical (unpaired) electrons. The van der Waals surface area contributed by atoms with Crippen LogP contribution < -0.4 is 5.32 Å². The summed E-state index contributed by atoms with van der Waals surface area (Å²) >= 11 is 0. The van der Waals surface area contributed by atoms with Gasteiger partial charge in [0.25, 0.3) is 0 Å². The fourth-order valence-electron chi connectivity index (χ4n) is 1.70. The SMILES string of the molecule is OC(CNCc1cccnn1)c1c(F)cccc1F. The first-order chi connectivity index (χ1) is 9.18. The number of nitrogens with one attached hydrogen (secondary N) is 1. The van der Waals surface area contributed by atoms with E-state index in [1.165, 1.54) is 6.07 Å². The normalized spacial score (nSPS) is 12.4. The van der Waals surface area contributed by atoms with E-state index < -0.39 is 17.7 Å². The lowest BCUT2D eigenvalue weighted by molar-refractivity contribution is 0.164. The number of rotatable bonds is 5. The molecule has 100 valence electrons. The Kier molecular flexibility index (Phi) is 4.48. The molecule has 2 aromatic rings. The average molecular weight is 265 g/mol. The molecular weight excluding hydrogens is 252 g/mol. The molecule has 0 saturated heterocycles. The highest BCUT2D eigenvalue weighted by atomic mass is 19.1. The van der Waals surface area contributed by atoms with Gasteiger partial charge in [0, 0.05) is 19.3 Å². The third-order valence-corrected chi connectivity index (χ3v) is 2.60. The van der Waals surface area contributed by atoms with Gasteiger partial charge < -0.3 is 10.4 Å². The van der Waals surface area contributed by atoms with Crippen molar-refractivity contribution in [1.82, 2.24) is 15.5 Å². The largest absolute Gasteiger partial charge is 0.387 e. The lowest BCUT2D eigenvalue weighted by Gasteiger charge is -2.13. The Hall–Kier alpha value is -1.92. The Balaban J connectivity index is 1.93. The lowest BCUT2D eigenvalue weighted by atomic mass is 10.1. The maximum absolute atomic E-state index is 13.4. The highest BCUT2D eigenvalue weighted by Crippen LogP contribution is 2.19. The molecule has 1 heterocycles. The predicted octanol–water partition coefficient (Wildman–Crippen LogP) is 1.58. The number of hydrogen-bond donors (Lipinski definition) is 2. The maximum atomic E-state index is 13.4. The van der Waals surface area contributed by atoms with Gasteiger partial charge in [-0.05, 0) is 24.3 Å². The van der Waals surface area contributed by atoms with E-state index in [1.54, 1.807) is 18.3 Å². The summed E-state index contributed by atoms with van der Waals surface area (Å²) in [7, 11) is 0. The standard InChI is InChI=1S/C13H13F2N3O/c14-10-4-1-5-11(15)13(10)12(19)8-16-7-9-3-2-6-17-18-9/h1-6,12,16,19H,7-8H2. The van der Waals surface area contributed by atoms with Crippen LogP contribution in [-0.4, -0.2) is 21.8 Å². The fourth-order valence-corrected chi connectivity index (χ4v) is 1.70. The summed E-state index contributed by atoms with van der Waals surface area (Å²) in [6, 6.07) is 6.98. The summed E-state index contributed by atoms with van der Waals surface area (Å²) in [6.07, 6.45) is 0.297. The summed E-state index contributed by atoms with van der Waals surface area (Å²) in [5, 5.41) is 20.2. The number of hydrogen-bond acceptors (Lipinski definition) is 4. The molecular formula is C13H13F2N3O. The minimum Gasteiger partial charge on any atom is -0.387 e. The number of aliphatic hydroxyl groups is 1. The van der Waals surface area contributed by atoms with Crippen molar-refractivity contribution in [2.24, 2.45) is 0 Å². The van der Waals surface area contributed by atoms with E-state index in [0.29, 0.717) is 12.2 Å². The highest BCUT2D eigenvalue weighted by Gasteiger charge is 2.17. The molecule has 0 aliphatic heterocycles. The lowest BCUT2D eigenvalue weighted by Crippen LogP contribution is -2.23. The van der Waals surface area contributed by atoms with Crippen LogP contribution in [0, 0.1) is 11.6 Å². The zero-order valence-electron chi connectivity index (χ0n) is 10.1. The Morgan fingerprint density at radius 1 is 1.16 bits per heavy atom. The molecule has 2 rings (SSSR count). The predicted molar refractivity (Wildman–Crippen MR) is 65.1 cm³/mol. The maximum Gasteiger partial charge on any atom is 0.131 e. The molecule has 0 bridgehead atoms. The van der Waals surface area contributed by atoms with E-state index in [-0.39, 0.29) is 12.1 Å². The Labute approximate surface area is 109 Å². The number of nitrogens with zero attached hydrogens (tertiary/aromatic N) is 2. The van der Waals surface area contributed by atoms with Crippen LogP contribution in [0.1, 0.15) is 17.4 Å². The van der Waals surface area contributed by atoms with Crippen LogP contribution in [0.15, 0.2) is 36.5 Å². The summed E-state index contributed by atoms with van der Waals surface area (Å²) in [5.74, 6) is -1.51. The average Bonchev–Trinajstić information content (AvgIpc) is 2.40. The Morgan fingerprint density at radius 2 is 1.89 bits per heavy atom. The van der Waals surface area contributed by atoms with Gasteiger partial charge in [0.15, 0.2) is 0 Å². The van der Waals surface area contributed by atoms with Crippen LogP contribution in [0.25, 0.3) is 0 Å². The van der Waals surface area contributed by atoms with Crippen LogP contribution in [0.2, 0.25) is 0 Å². The zero-order valence-corrected chi connectivity index (χ0v) is 10.1. The van der Waals surface area contributed by atoms with Crippen LogP contribution >= 0.6 is 0 Å². The Morgan fingerprint density at radius 3 is 2.53 bits per heavy atom. The van der Waals surface area contributed by atoms with E-state index in [0.717, 1.165) is 12.1 Å². The van der Waals surface area contributed by atoms with Crippen LogP contribution in [0.3, 0.4) is 0 Å². The summed E-state index contributed by atoms with van der Waals surface area (Å²) in [6.45, 7) is 0.384. The molecule has 2 N–H and O–H groups in total. The molecule has 0 fully saturated rings. The molecule has 0 aliphatic rings. The Bertz CT molecular complexity index is 516. The van der Waals surface area contributed by atoms with Gasteiger partial charge in [-0.1, -0.05) is 6.07 Å². The van der Waals surface area contributed by atoms with Gasteiger partial charge in [-0.3, -0.25) is 0 Å². The first kappa shape index (κ1) is 13.5. The number of halogens is 2. The molecule has 6 heteroatoms. The van der Waals surface area contributed by atoms with E-state index in [9.17, 15) is 13.9 Å². The number of aromatic nitrogens is 2. The highest BCUT2D eigenvalue weighted by molar-refractivity contribution is 5.22. The zero-order chi connectivity index (χ0) is 13.7. The van der Waals surface area contributed by atoms with Gasteiger partial charge in [-0.25, -0.2) is 8.78 Å². The second-order valence-corrected chi connectivity index (χ2v) is 4.00. The minimum atomic E-state index is -1.25. The molecule has 4 nitrogen and oxygen atoms in total. The second-order valence-electron chi connectivity index (χ2n) is 4.00. The van der Waals surface area contributed by atoms with E-state index in [1.807, 2.05) is 0 Å². The smallest absolute Gasteiger partial charge is 0.131 e. The van der Waals surface area contributed by atoms with Gasteiger partial charge in [0.1, 0.15) is 11.6 Å². The number of aliphatic hydroxyl groups excluding tert-OH is 1. The van der Waals surface area contributed by atoms with Crippen molar-refractivity contribution >= 4 is 0 Å². The van der Waals surface area contributed by atoms with Gasteiger partial charge in [-0.2, -0.15) is 10.2 Å².